The quantitative estimate of drug-likeness (QED) is 0.784. The molecule has 1 aliphatic rings. The molecule has 28 heavy (non-hydrogen) atoms. The molecule has 0 spiro atoms. The minimum Gasteiger partial charge on any atom is -0.345 e. The van der Waals surface area contributed by atoms with Gasteiger partial charge in [-0.2, -0.15) is 0 Å². The molecule has 144 valence electrons. The molecule has 2 aromatic rings. The van der Waals surface area contributed by atoms with Gasteiger partial charge in [0.05, 0.1) is 6.54 Å². The summed E-state index contributed by atoms with van der Waals surface area (Å²) in [6.45, 7) is 1.14. The largest absolute Gasteiger partial charge is 0.345 e. The van der Waals surface area contributed by atoms with E-state index in [1.165, 1.54) is 5.56 Å². The fourth-order valence-corrected chi connectivity index (χ4v) is 3.28. The Balaban J connectivity index is 1.39. The number of benzene rings is 2. The molecule has 1 aliphatic heterocycles. The highest BCUT2D eigenvalue weighted by molar-refractivity contribution is 5.94. The summed E-state index contributed by atoms with van der Waals surface area (Å²) in [7, 11) is 0. The molecule has 4 nitrogen and oxygen atoms in total. The molecule has 0 unspecified atom stereocenters. The Bertz CT molecular complexity index is 848. The van der Waals surface area contributed by atoms with E-state index in [0.717, 1.165) is 43.5 Å². The predicted molar refractivity (Wildman–Crippen MR) is 112 cm³/mol. The van der Waals surface area contributed by atoms with Crippen molar-refractivity contribution < 1.29 is 9.59 Å². The number of rotatable bonds is 6. The number of piperidine rings is 1. The standard InChI is InChI=1S/C24H26N2O2/c27-23(12-6-10-20-8-2-1-3-9-20)25-18-7-11-21-14-16-22(17-15-21)26-19-5-4-13-24(26)28/h1-3,8-9,14-17H,4-6,10,12-13,18-19H2,(H,25,27). The Labute approximate surface area is 166 Å². The molecule has 0 aliphatic carbocycles. The number of nitrogens with one attached hydrogen (secondary N) is 1. The Morgan fingerprint density at radius 3 is 2.57 bits per heavy atom. The molecule has 1 fully saturated rings. The van der Waals surface area contributed by atoms with Crippen molar-refractivity contribution in [2.45, 2.75) is 38.5 Å². The van der Waals surface area contributed by atoms with Gasteiger partial charge in [0.1, 0.15) is 0 Å². The van der Waals surface area contributed by atoms with Crippen molar-refractivity contribution in [3.05, 3.63) is 65.7 Å². The number of anilines is 1. The summed E-state index contributed by atoms with van der Waals surface area (Å²) in [5.74, 6) is 6.27. The van der Waals surface area contributed by atoms with E-state index in [-0.39, 0.29) is 11.8 Å². The van der Waals surface area contributed by atoms with Crippen LogP contribution < -0.4 is 10.2 Å². The fourth-order valence-electron chi connectivity index (χ4n) is 3.28. The van der Waals surface area contributed by atoms with Crippen molar-refractivity contribution in [3.8, 4) is 11.8 Å². The lowest BCUT2D eigenvalue weighted by molar-refractivity contribution is -0.121. The second kappa shape index (κ2) is 10.3. The van der Waals surface area contributed by atoms with Gasteiger partial charge >= 0.3 is 0 Å². The smallest absolute Gasteiger partial charge is 0.226 e. The zero-order valence-electron chi connectivity index (χ0n) is 16.1. The van der Waals surface area contributed by atoms with Crippen LogP contribution in [-0.4, -0.2) is 24.9 Å². The first-order chi connectivity index (χ1) is 13.7. The number of hydrogen-bond acceptors (Lipinski definition) is 2. The summed E-state index contributed by atoms with van der Waals surface area (Å²) in [4.78, 5) is 25.7. The van der Waals surface area contributed by atoms with Gasteiger partial charge in [-0.25, -0.2) is 0 Å². The summed E-state index contributed by atoms with van der Waals surface area (Å²) in [5, 5.41) is 2.84. The van der Waals surface area contributed by atoms with Crippen molar-refractivity contribution in [1.82, 2.24) is 5.32 Å². The predicted octanol–water partition coefficient (Wildman–Crippen LogP) is 3.69. The number of carbonyl (C=O) groups is 2. The normalized spacial score (nSPS) is 13.6. The summed E-state index contributed by atoms with van der Waals surface area (Å²) in [5.41, 5.74) is 3.07. The zero-order valence-corrected chi connectivity index (χ0v) is 16.1. The van der Waals surface area contributed by atoms with Crippen LogP contribution in [0.3, 0.4) is 0 Å². The number of carbonyl (C=O) groups excluding carboxylic acids is 2. The number of nitrogens with zero attached hydrogens (tertiary/aromatic N) is 1. The maximum absolute atomic E-state index is 12.0. The van der Waals surface area contributed by atoms with Crippen LogP contribution in [0.4, 0.5) is 5.69 Å². The third-order valence-electron chi connectivity index (χ3n) is 4.82. The van der Waals surface area contributed by atoms with Crippen LogP contribution in [0.2, 0.25) is 0 Å². The lowest BCUT2D eigenvalue weighted by Crippen LogP contribution is -2.35. The molecule has 1 N–H and O–H groups in total. The molecule has 1 heterocycles. The molecular weight excluding hydrogens is 348 g/mol. The average Bonchev–Trinajstić information content (AvgIpc) is 2.73. The minimum atomic E-state index is 0.0317. The molecule has 0 saturated carbocycles. The summed E-state index contributed by atoms with van der Waals surface area (Å²) < 4.78 is 0. The second-order valence-corrected chi connectivity index (χ2v) is 6.97. The van der Waals surface area contributed by atoms with E-state index in [2.05, 4.69) is 29.3 Å². The molecule has 0 aromatic heterocycles. The molecule has 3 rings (SSSR count). The van der Waals surface area contributed by atoms with Gasteiger partial charge in [-0.15, -0.1) is 0 Å². The van der Waals surface area contributed by atoms with E-state index in [1.807, 2.05) is 47.4 Å². The first kappa shape index (κ1) is 19.7. The molecule has 0 bridgehead atoms. The van der Waals surface area contributed by atoms with Gasteiger partial charge in [0.15, 0.2) is 0 Å². The van der Waals surface area contributed by atoms with Crippen LogP contribution >= 0.6 is 0 Å². The highest BCUT2D eigenvalue weighted by atomic mass is 16.2. The van der Waals surface area contributed by atoms with Crippen molar-refractivity contribution in [2.24, 2.45) is 0 Å². The van der Waals surface area contributed by atoms with Crippen LogP contribution in [0.5, 0.6) is 0 Å². The maximum Gasteiger partial charge on any atom is 0.226 e. The lowest BCUT2D eigenvalue weighted by atomic mass is 10.1. The third kappa shape index (κ3) is 5.99. The van der Waals surface area contributed by atoms with Gasteiger partial charge in [-0.1, -0.05) is 42.2 Å². The molecular formula is C24H26N2O2. The molecule has 4 heteroatoms. The monoisotopic (exact) mass is 374 g/mol. The van der Waals surface area contributed by atoms with Gasteiger partial charge in [0.25, 0.3) is 0 Å². The molecule has 0 atom stereocenters. The summed E-state index contributed by atoms with van der Waals surface area (Å²) >= 11 is 0. The second-order valence-electron chi connectivity index (χ2n) is 6.97. The highest BCUT2D eigenvalue weighted by Crippen LogP contribution is 2.21. The van der Waals surface area contributed by atoms with Crippen LogP contribution in [0.1, 0.15) is 43.2 Å². The van der Waals surface area contributed by atoms with Gasteiger partial charge in [0, 0.05) is 30.6 Å². The maximum atomic E-state index is 12.0. The fraction of sp³-hybridized carbons (Fsp3) is 0.333. The SMILES string of the molecule is O=C(CCCc1ccccc1)NCC#Cc1ccc(N2CCCCC2=O)cc1. The Morgan fingerprint density at radius 2 is 1.82 bits per heavy atom. The van der Waals surface area contributed by atoms with E-state index in [0.29, 0.717) is 19.4 Å². The van der Waals surface area contributed by atoms with Crippen LogP contribution in [0, 0.1) is 11.8 Å². The van der Waals surface area contributed by atoms with Gasteiger partial charge in [0.2, 0.25) is 11.8 Å². The van der Waals surface area contributed by atoms with E-state index < -0.39 is 0 Å². The third-order valence-corrected chi connectivity index (χ3v) is 4.82. The highest BCUT2D eigenvalue weighted by Gasteiger charge is 2.19. The van der Waals surface area contributed by atoms with Crippen molar-refractivity contribution in [3.63, 3.8) is 0 Å². The van der Waals surface area contributed by atoms with E-state index >= 15 is 0 Å². The summed E-state index contributed by atoms with van der Waals surface area (Å²) in [6, 6.07) is 17.9. The molecule has 1 saturated heterocycles. The van der Waals surface area contributed by atoms with Gasteiger partial charge in [-0.3, -0.25) is 9.59 Å². The first-order valence-corrected chi connectivity index (χ1v) is 9.92. The van der Waals surface area contributed by atoms with E-state index in [1.54, 1.807) is 0 Å². The lowest BCUT2D eigenvalue weighted by Gasteiger charge is -2.26. The Hall–Kier alpha value is -3.06. The van der Waals surface area contributed by atoms with E-state index in [4.69, 9.17) is 0 Å². The zero-order chi connectivity index (χ0) is 19.6. The average molecular weight is 374 g/mol. The topological polar surface area (TPSA) is 49.4 Å². The van der Waals surface area contributed by atoms with Gasteiger partial charge in [-0.05, 0) is 55.5 Å². The van der Waals surface area contributed by atoms with Crippen molar-refractivity contribution in [1.29, 1.82) is 0 Å². The number of hydrogen-bond donors (Lipinski definition) is 1. The molecule has 2 amide bonds. The molecule has 0 radical (unpaired) electrons. The summed E-state index contributed by atoms with van der Waals surface area (Å²) in [6.07, 6.45) is 4.92. The van der Waals surface area contributed by atoms with Crippen LogP contribution in [0.15, 0.2) is 54.6 Å². The van der Waals surface area contributed by atoms with Crippen molar-refractivity contribution in [2.75, 3.05) is 18.0 Å². The van der Waals surface area contributed by atoms with Gasteiger partial charge < -0.3 is 10.2 Å². The number of amides is 2. The van der Waals surface area contributed by atoms with E-state index in [9.17, 15) is 9.59 Å². The van der Waals surface area contributed by atoms with Crippen LogP contribution in [0.25, 0.3) is 0 Å². The Morgan fingerprint density at radius 1 is 1.04 bits per heavy atom. The van der Waals surface area contributed by atoms with Crippen molar-refractivity contribution >= 4 is 17.5 Å². The molecule has 2 aromatic carbocycles. The first-order valence-electron chi connectivity index (χ1n) is 9.92. The number of aryl methyl sites for hydroxylation is 1. The minimum absolute atomic E-state index is 0.0317. The Kier molecular flexibility index (Phi) is 7.26. The van der Waals surface area contributed by atoms with Crippen LogP contribution in [-0.2, 0) is 16.0 Å².